The molecule has 2 heterocycles. The highest BCUT2D eigenvalue weighted by molar-refractivity contribution is 5.86. The molecule has 4 rings (SSSR count). The van der Waals surface area contributed by atoms with Crippen molar-refractivity contribution in [2.75, 3.05) is 13.2 Å². The van der Waals surface area contributed by atoms with E-state index in [4.69, 9.17) is 14.2 Å². The summed E-state index contributed by atoms with van der Waals surface area (Å²) in [6.07, 6.45) is 3.08. The van der Waals surface area contributed by atoms with Crippen molar-refractivity contribution in [1.29, 1.82) is 0 Å². The molecule has 1 N–H and O–H groups in total. The molecule has 0 fully saturated rings. The van der Waals surface area contributed by atoms with Crippen molar-refractivity contribution in [3.05, 3.63) is 71.2 Å². The summed E-state index contributed by atoms with van der Waals surface area (Å²) in [7, 11) is 0. The minimum Gasteiger partial charge on any atom is -0.494 e. The third-order valence-corrected chi connectivity index (χ3v) is 6.07. The van der Waals surface area contributed by atoms with E-state index >= 15 is 0 Å². The second kappa shape index (κ2) is 10.5. The number of nitrogens with zero attached hydrogens (tertiary/aromatic N) is 3. The van der Waals surface area contributed by atoms with Gasteiger partial charge in [-0.05, 0) is 44.9 Å². The van der Waals surface area contributed by atoms with Gasteiger partial charge in [0.2, 0.25) is 5.82 Å². The first kappa shape index (κ1) is 23.5. The van der Waals surface area contributed by atoms with Crippen molar-refractivity contribution in [1.82, 2.24) is 20.4 Å². The molecule has 2 aromatic carbocycles. The maximum Gasteiger partial charge on any atom is 0.322 e. The Kier molecular flexibility index (Phi) is 7.30. The van der Waals surface area contributed by atoms with Gasteiger partial charge >= 0.3 is 6.03 Å². The predicted molar refractivity (Wildman–Crippen MR) is 132 cm³/mol. The predicted octanol–water partition coefficient (Wildman–Crippen LogP) is 6.13. The van der Waals surface area contributed by atoms with Crippen LogP contribution in [0.1, 0.15) is 63.1 Å². The van der Waals surface area contributed by atoms with Crippen LogP contribution in [0.3, 0.4) is 0 Å². The maximum atomic E-state index is 13.1. The van der Waals surface area contributed by atoms with Crippen LogP contribution in [0.15, 0.2) is 58.8 Å². The average Bonchev–Trinajstić information content (AvgIpc) is 3.32. The van der Waals surface area contributed by atoms with Gasteiger partial charge in [0.15, 0.2) is 0 Å². The monoisotopic (exact) mass is 460 g/mol. The smallest absolute Gasteiger partial charge is 0.322 e. The number of hydrogen-bond donors (Lipinski definition) is 1. The number of hydrogen-bond acceptors (Lipinski definition) is 5. The number of aromatic nitrogens is 2. The first-order chi connectivity index (χ1) is 16.5. The number of allylic oxidation sites excluding steroid dienone is 1. The van der Waals surface area contributed by atoms with Crippen LogP contribution in [-0.2, 0) is 0 Å². The van der Waals surface area contributed by atoms with Crippen LogP contribution in [0.5, 0.6) is 5.75 Å². The number of carbonyl (C=O) groups excluding carboxylic acids is 1. The lowest BCUT2D eigenvalue weighted by Gasteiger charge is -2.35. The number of ether oxygens (including phenoxy) is 1. The van der Waals surface area contributed by atoms with Gasteiger partial charge in [0.25, 0.3) is 5.89 Å². The molecule has 3 aromatic rings. The Bertz CT molecular complexity index is 1150. The summed E-state index contributed by atoms with van der Waals surface area (Å²) < 4.78 is 11.3. The first-order valence-corrected chi connectivity index (χ1v) is 11.9. The third-order valence-electron chi connectivity index (χ3n) is 6.07. The molecule has 178 valence electrons. The molecular weight excluding hydrogens is 428 g/mol. The summed E-state index contributed by atoms with van der Waals surface area (Å²) in [6, 6.07) is 15.2. The van der Waals surface area contributed by atoms with Crippen LogP contribution < -0.4 is 10.1 Å². The SMILES string of the molecule is CCCCCN1C(=O)NC(c2ccc(OCC)cc2)C(c2nc(-c3ccc(C)cc3)no2)=C1C. The summed E-state index contributed by atoms with van der Waals surface area (Å²) in [4.78, 5) is 19.6. The average molecular weight is 461 g/mol. The van der Waals surface area contributed by atoms with E-state index in [-0.39, 0.29) is 6.03 Å². The van der Waals surface area contributed by atoms with Gasteiger partial charge in [0.05, 0.1) is 18.2 Å². The third kappa shape index (κ3) is 4.98. The van der Waals surface area contributed by atoms with Crippen molar-refractivity contribution < 1.29 is 14.1 Å². The van der Waals surface area contributed by atoms with Gasteiger partial charge in [0, 0.05) is 17.8 Å². The van der Waals surface area contributed by atoms with E-state index in [2.05, 4.69) is 17.4 Å². The fourth-order valence-electron chi connectivity index (χ4n) is 4.17. The van der Waals surface area contributed by atoms with E-state index in [0.717, 1.165) is 47.4 Å². The number of unbranched alkanes of at least 4 members (excludes halogenated alkanes) is 2. The second-order valence-electron chi connectivity index (χ2n) is 8.53. The van der Waals surface area contributed by atoms with Crippen LogP contribution in [0.25, 0.3) is 17.0 Å². The molecule has 1 atom stereocenters. The molecule has 1 aliphatic heterocycles. The quantitative estimate of drug-likeness (QED) is 0.389. The fraction of sp³-hybridized carbons (Fsp3) is 0.370. The van der Waals surface area contributed by atoms with Crippen molar-refractivity contribution >= 4 is 11.6 Å². The Balaban J connectivity index is 1.74. The van der Waals surface area contributed by atoms with Crippen LogP contribution in [0.2, 0.25) is 0 Å². The highest BCUT2D eigenvalue weighted by Crippen LogP contribution is 2.38. The number of nitrogens with one attached hydrogen (secondary N) is 1. The second-order valence-corrected chi connectivity index (χ2v) is 8.53. The van der Waals surface area contributed by atoms with Crippen molar-refractivity contribution in [3.8, 4) is 17.1 Å². The molecule has 1 aromatic heterocycles. The Morgan fingerprint density at radius 1 is 1.03 bits per heavy atom. The zero-order valence-electron chi connectivity index (χ0n) is 20.3. The standard InChI is InChI=1S/C27H32N4O3/c1-5-7-8-17-31-19(4)23(26-29-25(30-34-26)21-11-9-18(3)10-12-21)24(28-27(31)32)20-13-15-22(16-14-20)33-6-2/h9-16,24H,5-8,17H2,1-4H3,(H,28,32). The van der Waals surface area contributed by atoms with E-state index in [1.165, 1.54) is 5.56 Å². The molecule has 7 nitrogen and oxygen atoms in total. The first-order valence-electron chi connectivity index (χ1n) is 11.9. The summed E-state index contributed by atoms with van der Waals surface area (Å²) in [6.45, 7) is 9.34. The van der Waals surface area contributed by atoms with E-state index in [9.17, 15) is 4.79 Å². The molecule has 0 saturated heterocycles. The largest absolute Gasteiger partial charge is 0.494 e. The zero-order chi connectivity index (χ0) is 24.1. The lowest BCUT2D eigenvalue weighted by molar-refractivity contribution is 0.204. The minimum absolute atomic E-state index is 0.116. The van der Waals surface area contributed by atoms with Gasteiger partial charge in [-0.2, -0.15) is 4.98 Å². The van der Waals surface area contributed by atoms with Crippen molar-refractivity contribution in [3.63, 3.8) is 0 Å². The highest BCUT2D eigenvalue weighted by atomic mass is 16.5. The van der Waals surface area contributed by atoms with E-state index in [1.807, 2.05) is 69.3 Å². The number of rotatable bonds is 9. The normalized spacial score (nSPS) is 16.1. The topological polar surface area (TPSA) is 80.5 Å². The molecular formula is C27H32N4O3. The van der Waals surface area contributed by atoms with Gasteiger partial charge in [-0.3, -0.25) is 4.90 Å². The van der Waals surface area contributed by atoms with Gasteiger partial charge in [0.1, 0.15) is 5.75 Å². The van der Waals surface area contributed by atoms with Crippen molar-refractivity contribution in [2.24, 2.45) is 0 Å². The number of amides is 2. The number of aryl methyl sites for hydroxylation is 1. The van der Waals surface area contributed by atoms with E-state index in [1.54, 1.807) is 4.90 Å². The Hall–Kier alpha value is -3.61. The Morgan fingerprint density at radius 2 is 1.76 bits per heavy atom. The number of benzene rings is 2. The van der Waals surface area contributed by atoms with Crippen LogP contribution >= 0.6 is 0 Å². The molecule has 34 heavy (non-hydrogen) atoms. The zero-order valence-corrected chi connectivity index (χ0v) is 20.3. The molecule has 7 heteroatoms. The van der Waals surface area contributed by atoms with Gasteiger partial charge in [-0.25, -0.2) is 4.79 Å². The lowest BCUT2D eigenvalue weighted by Crippen LogP contribution is -2.46. The molecule has 1 unspecified atom stereocenters. The van der Waals surface area contributed by atoms with Crippen LogP contribution in [0.4, 0.5) is 4.79 Å². The Labute approximate surface area is 200 Å². The minimum atomic E-state index is -0.406. The lowest BCUT2D eigenvalue weighted by atomic mass is 9.94. The van der Waals surface area contributed by atoms with Gasteiger partial charge in [-0.15, -0.1) is 0 Å². The van der Waals surface area contributed by atoms with Crippen LogP contribution in [0, 0.1) is 6.92 Å². The van der Waals surface area contributed by atoms with E-state index < -0.39 is 6.04 Å². The number of carbonyl (C=O) groups is 1. The highest BCUT2D eigenvalue weighted by Gasteiger charge is 2.35. The molecule has 0 spiro atoms. The van der Waals surface area contributed by atoms with Crippen LogP contribution in [-0.4, -0.2) is 34.2 Å². The van der Waals surface area contributed by atoms with Gasteiger partial charge in [-0.1, -0.05) is 66.9 Å². The van der Waals surface area contributed by atoms with Crippen molar-refractivity contribution in [2.45, 2.75) is 53.0 Å². The number of urea groups is 1. The molecule has 0 radical (unpaired) electrons. The summed E-state index contributed by atoms with van der Waals surface area (Å²) in [5.41, 5.74) is 4.62. The molecule has 0 saturated carbocycles. The fourth-order valence-corrected chi connectivity index (χ4v) is 4.17. The molecule has 0 aliphatic carbocycles. The molecule has 0 bridgehead atoms. The molecule has 1 aliphatic rings. The Morgan fingerprint density at radius 3 is 2.44 bits per heavy atom. The molecule has 2 amide bonds. The summed E-state index contributed by atoms with van der Waals surface area (Å²) >= 11 is 0. The maximum absolute atomic E-state index is 13.1. The van der Waals surface area contributed by atoms with E-state index in [0.29, 0.717) is 24.9 Å². The van der Waals surface area contributed by atoms with Gasteiger partial charge < -0.3 is 14.6 Å². The summed E-state index contributed by atoms with van der Waals surface area (Å²) in [5, 5.41) is 7.40. The summed E-state index contributed by atoms with van der Waals surface area (Å²) in [5.74, 6) is 1.72.